The van der Waals surface area contributed by atoms with Crippen molar-refractivity contribution in [1.29, 1.82) is 0 Å². The van der Waals surface area contributed by atoms with Crippen molar-refractivity contribution in [3.8, 4) is 47.4 Å². The quantitative estimate of drug-likeness (QED) is 0.0457. The van der Waals surface area contributed by atoms with Crippen LogP contribution in [0.3, 0.4) is 0 Å². The van der Waals surface area contributed by atoms with Crippen LogP contribution in [0.5, 0.6) is 0 Å². The molecule has 0 saturated heterocycles. The molecule has 0 radical (unpaired) electrons. The number of carbonyl (C=O) groups is 3. The fraction of sp³-hybridized carbons (Fsp3) is 0.621. The van der Waals surface area contributed by atoms with Crippen LogP contribution >= 0.6 is 7.82 Å². The monoisotopic (exact) mass is 637 g/mol. The predicted molar refractivity (Wildman–Crippen MR) is 162 cm³/mol. The third-order valence-corrected chi connectivity index (χ3v) is 5.17. The fourth-order valence-corrected chi connectivity index (χ4v) is 3.29. The zero-order chi connectivity index (χ0) is 30.5. The molecule has 0 aliphatic rings. The number of esters is 2. The summed E-state index contributed by atoms with van der Waals surface area (Å²) in [6, 6.07) is 0. The van der Waals surface area contributed by atoms with Crippen LogP contribution in [0.1, 0.15) is 108 Å². The van der Waals surface area contributed by atoms with Crippen LogP contribution < -0.4 is 74.6 Å². The average molecular weight is 638 g/mol. The molecule has 0 spiro atoms. The van der Waals surface area contributed by atoms with Gasteiger partial charge in [0.25, 0.3) is 0 Å². The number of nitrogens with two attached hydrogens (primary N) is 1. The maximum atomic E-state index is 12.1. The van der Waals surface area contributed by atoms with Crippen LogP contribution in [0.2, 0.25) is 0 Å². The van der Waals surface area contributed by atoms with Gasteiger partial charge in [-0.3, -0.25) is 9.59 Å². The standard InChI is InChI=1S/C27H37O8P.C2H5NO.2Na.7H2/c1-3-5-7-9-11-12-13-14-16-18-20-22-27(29)35-25(24-34-36(30,31)32)23-33-26(28)21-19-17-15-10-8-6-4-2;1-2(3)4;;;;;;;;;/h25H,3,5,7,9,11-14,16,18,20,22-24H2,1-2H3,(H2,30,31,32);1H3,(H2,3,4);;;7*1H/q;;2*+1;;;;;;;/p-2/t25-;;;;;;;;;;/m1........../s1. The average Bonchev–Trinajstić information content (AvgIpc) is 2.87. The number of phosphoric acid groups is 1. The van der Waals surface area contributed by atoms with Crippen LogP contribution in [0.25, 0.3) is 0 Å². The summed E-state index contributed by atoms with van der Waals surface area (Å²) in [6.07, 6.45) is 11.3. The van der Waals surface area contributed by atoms with Gasteiger partial charge in [0.05, 0.1) is 14.4 Å². The van der Waals surface area contributed by atoms with Crippen LogP contribution in [0, 0.1) is 47.4 Å². The summed E-state index contributed by atoms with van der Waals surface area (Å²) in [5, 5.41) is 0. The number of hydrogen-bond donors (Lipinski definition) is 1. The molecule has 0 fully saturated rings. The van der Waals surface area contributed by atoms with Gasteiger partial charge in [-0.2, -0.15) is 0 Å². The van der Waals surface area contributed by atoms with Gasteiger partial charge >= 0.3 is 71.1 Å². The van der Waals surface area contributed by atoms with E-state index in [0.29, 0.717) is 6.42 Å². The first-order valence-corrected chi connectivity index (χ1v) is 14.7. The van der Waals surface area contributed by atoms with Crippen LogP contribution in [0.4, 0.5) is 0 Å². The molecule has 236 valence electrons. The summed E-state index contributed by atoms with van der Waals surface area (Å²) in [7, 11) is -5.29. The number of hydrogen-bond acceptors (Lipinski definition) is 9. The molecule has 42 heavy (non-hydrogen) atoms. The molecular weight excluding hydrogens is 583 g/mol. The molecule has 10 nitrogen and oxygen atoms in total. The number of amides is 1. The maximum Gasteiger partial charge on any atom is 1.00 e. The van der Waals surface area contributed by atoms with E-state index in [4.69, 9.17) is 9.47 Å². The maximum absolute atomic E-state index is 12.1. The van der Waals surface area contributed by atoms with Crippen LogP contribution in [0.15, 0.2) is 0 Å². The van der Waals surface area contributed by atoms with Crippen molar-refractivity contribution in [1.82, 2.24) is 0 Å². The van der Waals surface area contributed by atoms with Gasteiger partial charge in [0.1, 0.15) is 6.61 Å². The van der Waals surface area contributed by atoms with E-state index in [1.54, 1.807) is 6.92 Å². The van der Waals surface area contributed by atoms with E-state index in [9.17, 15) is 28.7 Å². The molecule has 0 aliphatic carbocycles. The van der Waals surface area contributed by atoms with Gasteiger partial charge in [0, 0.05) is 29.3 Å². The van der Waals surface area contributed by atoms with Crippen molar-refractivity contribution in [3.63, 3.8) is 0 Å². The van der Waals surface area contributed by atoms with E-state index in [2.05, 4.69) is 64.5 Å². The molecule has 0 bridgehead atoms. The molecule has 0 aromatic carbocycles. The summed E-state index contributed by atoms with van der Waals surface area (Å²) >= 11 is 0. The Balaban J connectivity index is -0.000000116. The molecule has 0 aliphatic heterocycles. The van der Waals surface area contributed by atoms with Crippen molar-refractivity contribution < 1.29 is 112 Å². The minimum atomic E-state index is -5.29. The molecule has 0 aromatic rings. The normalized spacial score (nSPS) is 9.74. The summed E-state index contributed by atoms with van der Waals surface area (Å²) in [5.41, 5.74) is 4.47. The van der Waals surface area contributed by atoms with E-state index in [1.165, 1.54) is 51.9 Å². The molecule has 1 atom stereocenters. The summed E-state index contributed by atoms with van der Waals surface area (Å²) in [5.74, 6) is 17.0. The molecule has 0 saturated carbocycles. The Kier molecular flexibility index (Phi) is 38.9. The van der Waals surface area contributed by atoms with E-state index < -0.39 is 39.1 Å². The molecule has 2 N–H and O–H groups in total. The Hall–Kier alpha value is -1.24. The molecule has 0 unspecified atom stereocenters. The van der Waals surface area contributed by atoms with Gasteiger partial charge in [-0.15, -0.1) is 0 Å². The Labute approximate surface area is 305 Å². The van der Waals surface area contributed by atoms with Crippen molar-refractivity contribution >= 4 is 25.7 Å². The van der Waals surface area contributed by atoms with Crippen LogP contribution in [-0.2, 0) is 32.9 Å². The third kappa shape index (κ3) is 43.2. The summed E-state index contributed by atoms with van der Waals surface area (Å²) in [4.78, 5) is 54.5. The molecule has 0 heterocycles. The van der Waals surface area contributed by atoms with Crippen molar-refractivity contribution in [3.05, 3.63) is 0 Å². The van der Waals surface area contributed by atoms with E-state index in [-0.39, 0.29) is 81.4 Å². The smallest absolute Gasteiger partial charge is 0.790 e. The number of ether oxygens (including phenoxy) is 2. The zero-order valence-corrected chi connectivity index (χ0v) is 30.6. The first-order valence-electron chi connectivity index (χ1n) is 13.2. The molecule has 1 amide bonds. The summed E-state index contributed by atoms with van der Waals surface area (Å²) in [6.45, 7) is 3.84. The van der Waals surface area contributed by atoms with E-state index in [0.717, 1.165) is 19.3 Å². The first-order chi connectivity index (χ1) is 19.0. The van der Waals surface area contributed by atoms with Gasteiger partial charge < -0.3 is 34.1 Å². The fourth-order valence-electron chi connectivity index (χ4n) is 2.94. The Morgan fingerprint density at radius 1 is 0.810 bits per heavy atom. The molecule has 0 aromatic heterocycles. The topological polar surface area (TPSA) is 168 Å². The number of primary amides is 1. The molecule has 13 heteroatoms. The first kappa shape index (κ1) is 47.7. The van der Waals surface area contributed by atoms with Crippen molar-refractivity contribution in [2.45, 2.75) is 104 Å². The van der Waals surface area contributed by atoms with Crippen molar-refractivity contribution in [2.24, 2.45) is 5.73 Å². The van der Waals surface area contributed by atoms with E-state index >= 15 is 0 Å². The minimum absolute atomic E-state index is 0. The number of phosphoric ester groups is 1. The molecule has 0 rings (SSSR count). The Bertz CT molecular complexity index is 1070. The van der Waals surface area contributed by atoms with Gasteiger partial charge in [0.15, 0.2) is 6.10 Å². The van der Waals surface area contributed by atoms with Gasteiger partial charge in [0.2, 0.25) is 5.91 Å². The Morgan fingerprint density at radius 2 is 1.26 bits per heavy atom. The van der Waals surface area contributed by atoms with Crippen molar-refractivity contribution in [2.75, 3.05) is 13.2 Å². The molecular formula is C29H54NNa2O9P. The van der Waals surface area contributed by atoms with Crippen LogP contribution in [-0.4, -0.2) is 37.2 Å². The third-order valence-electron chi connectivity index (χ3n) is 4.70. The number of rotatable bonds is 18. The second kappa shape index (κ2) is 34.3. The largest absolute Gasteiger partial charge is 1.00 e. The summed E-state index contributed by atoms with van der Waals surface area (Å²) < 4.78 is 24.9. The van der Waals surface area contributed by atoms with Gasteiger partial charge in [-0.1, -0.05) is 77.1 Å². The Morgan fingerprint density at radius 3 is 1.74 bits per heavy atom. The van der Waals surface area contributed by atoms with E-state index in [1.807, 2.05) is 0 Å². The number of carbonyl (C=O) groups excluding carboxylic acids is 3. The zero-order valence-electron chi connectivity index (χ0n) is 25.7. The predicted octanol–water partition coefficient (Wildman–Crippen LogP) is -1.76. The second-order valence-electron chi connectivity index (χ2n) is 8.47. The number of unbranched alkanes of at least 4 members (excludes halogenated alkanes) is 10. The minimum Gasteiger partial charge on any atom is -0.790 e. The van der Waals surface area contributed by atoms with Gasteiger partial charge in [-0.25, -0.2) is 4.79 Å². The SMILES string of the molecule is CC#CC#CC#CC#CC(=O)OC[C@H](COP(=O)([O-])[O-])OC(=O)CCCCCCCCCCCCC.CC(N)=O.[HH].[HH].[HH].[HH].[HH].[HH].[HH].[Na+].[Na+]. The second-order valence-corrected chi connectivity index (χ2v) is 9.63. The van der Waals surface area contributed by atoms with Gasteiger partial charge in [-0.05, 0) is 48.9 Å².